The van der Waals surface area contributed by atoms with Gasteiger partial charge in [-0.15, -0.1) is 0 Å². The highest BCUT2D eigenvalue weighted by Gasteiger charge is 2.37. The Kier molecular flexibility index (Phi) is 28.4. The summed E-state index contributed by atoms with van der Waals surface area (Å²) in [6, 6.07) is 0. The zero-order valence-corrected chi connectivity index (χ0v) is 34.5. The standard InChI is InChI=1S/C38H68O14P2/c1-4-5-6-7-8-9-10-11-12-13-17-20-24-35-36(52-35)25-22-27-38(41)51-34(30-47-37(40)26-21-18-15-14-16-19-23-32(2)3)31-50-54(45,46)49-29-33(39)28-48-53(42,43)44/h8-9,11-12,17,20,32-36,39H,4-7,10,13-16,18-19,21-31H2,1-3H3,(H,45,46)(H2,42,43,44)/b9-8-,12-11-,20-17-/t33-,34+,35?,36?/m0/s1. The van der Waals surface area contributed by atoms with E-state index in [2.05, 4.69) is 66.3 Å². The number of phosphoric ester groups is 2. The van der Waals surface area contributed by atoms with E-state index < -0.39 is 66.2 Å². The maximum Gasteiger partial charge on any atom is 0.472 e. The lowest BCUT2D eigenvalue weighted by Gasteiger charge is -2.20. The van der Waals surface area contributed by atoms with E-state index in [1.807, 2.05) is 0 Å². The molecule has 314 valence electrons. The number of hydrogen-bond donors (Lipinski definition) is 4. The van der Waals surface area contributed by atoms with E-state index >= 15 is 0 Å². The van der Waals surface area contributed by atoms with Crippen LogP contribution in [-0.4, -0.2) is 82.6 Å². The van der Waals surface area contributed by atoms with Crippen LogP contribution in [0.1, 0.15) is 136 Å². The first-order valence-electron chi connectivity index (χ1n) is 19.7. The molecule has 1 fully saturated rings. The molecule has 0 aromatic heterocycles. The van der Waals surface area contributed by atoms with Crippen molar-refractivity contribution in [2.75, 3.05) is 26.4 Å². The predicted molar refractivity (Wildman–Crippen MR) is 206 cm³/mol. The maximum absolute atomic E-state index is 12.7. The maximum atomic E-state index is 12.7. The molecule has 14 nitrogen and oxygen atoms in total. The topological polar surface area (TPSA) is 208 Å². The van der Waals surface area contributed by atoms with Gasteiger partial charge in [0, 0.05) is 12.8 Å². The first-order valence-corrected chi connectivity index (χ1v) is 22.7. The molecule has 0 bridgehead atoms. The van der Waals surface area contributed by atoms with Crippen LogP contribution in [0.15, 0.2) is 36.5 Å². The summed E-state index contributed by atoms with van der Waals surface area (Å²) in [5.41, 5.74) is 0. The number of carbonyl (C=O) groups excluding carboxylic acids is 2. The van der Waals surface area contributed by atoms with E-state index in [-0.39, 0.29) is 25.0 Å². The van der Waals surface area contributed by atoms with E-state index in [9.17, 15) is 28.7 Å². The third-order valence-corrected chi connectivity index (χ3v) is 9.81. The molecule has 5 atom stereocenters. The number of phosphoric acid groups is 2. The summed E-state index contributed by atoms with van der Waals surface area (Å²) in [4.78, 5) is 52.5. The van der Waals surface area contributed by atoms with Crippen LogP contribution in [0.2, 0.25) is 0 Å². The average Bonchev–Trinajstić information content (AvgIpc) is 3.86. The lowest BCUT2D eigenvalue weighted by molar-refractivity contribution is -0.161. The van der Waals surface area contributed by atoms with Gasteiger partial charge in [0.2, 0.25) is 0 Å². The molecule has 0 radical (unpaired) electrons. The van der Waals surface area contributed by atoms with Gasteiger partial charge < -0.3 is 34.0 Å². The SMILES string of the molecule is CCCCC/C=C\C/C=C\C/C=C\CC1OC1CCCC(=O)O[C@H](COC(=O)CCCCCCCCC(C)C)COP(=O)(O)OC[C@@H](O)COP(=O)(O)O. The Morgan fingerprint density at radius 2 is 1.31 bits per heavy atom. The van der Waals surface area contributed by atoms with Crippen molar-refractivity contribution in [3.63, 3.8) is 0 Å². The van der Waals surface area contributed by atoms with Crippen molar-refractivity contribution in [2.45, 2.75) is 161 Å². The third-order valence-electron chi connectivity index (χ3n) is 8.37. The lowest BCUT2D eigenvalue weighted by atomic mass is 10.0. The predicted octanol–water partition coefficient (Wildman–Crippen LogP) is 8.18. The number of ether oxygens (including phenoxy) is 3. The Morgan fingerprint density at radius 3 is 2.00 bits per heavy atom. The number of allylic oxidation sites excluding steroid dienone is 5. The molecule has 1 aliphatic rings. The molecule has 0 aromatic carbocycles. The molecule has 1 saturated heterocycles. The quantitative estimate of drug-likeness (QED) is 0.0157. The third kappa shape index (κ3) is 31.5. The summed E-state index contributed by atoms with van der Waals surface area (Å²) in [7, 11) is -9.69. The minimum atomic E-state index is -4.87. The van der Waals surface area contributed by atoms with Gasteiger partial charge in [0.15, 0.2) is 6.10 Å². The Bertz CT molecular complexity index is 1180. The van der Waals surface area contributed by atoms with Crippen LogP contribution in [-0.2, 0) is 46.5 Å². The van der Waals surface area contributed by atoms with Gasteiger partial charge in [-0.3, -0.25) is 23.2 Å². The van der Waals surface area contributed by atoms with Crippen LogP contribution in [0, 0.1) is 5.92 Å². The molecule has 1 rings (SSSR count). The van der Waals surface area contributed by atoms with Gasteiger partial charge in [0.25, 0.3) is 0 Å². The minimum absolute atomic E-state index is 0.0426. The van der Waals surface area contributed by atoms with E-state index in [1.165, 1.54) is 32.1 Å². The molecule has 0 aliphatic carbocycles. The normalized spacial score (nSPS) is 18.4. The number of carbonyl (C=O) groups is 2. The van der Waals surface area contributed by atoms with Crippen LogP contribution < -0.4 is 0 Å². The van der Waals surface area contributed by atoms with Gasteiger partial charge in [-0.25, -0.2) is 9.13 Å². The van der Waals surface area contributed by atoms with E-state index in [4.69, 9.17) is 28.5 Å². The number of epoxide rings is 1. The molecule has 0 saturated carbocycles. The molecule has 1 heterocycles. The molecule has 0 spiro atoms. The van der Waals surface area contributed by atoms with Gasteiger partial charge in [-0.1, -0.05) is 109 Å². The molecule has 0 aromatic rings. The Morgan fingerprint density at radius 1 is 0.704 bits per heavy atom. The zero-order valence-electron chi connectivity index (χ0n) is 32.7. The second kappa shape index (κ2) is 30.4. The number of hydrogen-bond acceptors (Lipinski definition) is 11. The second-order valence-electron chi connectivity index (χ2n) is 14.1. The highest BCUT2D eigenvalue weighted by molar-refractivity contribution is 7.47. The molecule has 16 heteroatoms. The number of esters is 2. The van der Waals surface area contributed by atoms with Crippen molar-refractivity contribution < 1.29 is 66.3 Å². The fourth-order valence-electron chi connectivity index (χ4n) is 5.26. The Labute approximate surface area is 322 Å². The minimum Gasteiger partial charge on any atom is -0.462 e. The molecule has 4 N–H and O–H groups in total. The molecule has 1 aliphatic heterocycles. The summed E-state index contributed by atoms with van der Waals surface area (Å²) >= 11 is 0. The van der Waals surface area contributed by atoms with Crippen molar-refractivity contribution in [2.24, 2.45) is 5.92 Å². The summed E-state index contributed by atoms with van der Waals surface area (Å²) in [5, 5.41) is 9.72. The number of unbranched alkanes of at least 4 members (excludes halogenated alkanes) is 8. The van der Waals surface area contributed by atoms with Crippen molar-refractivity contribution in [1.29, 1.82) is 0 Å². The Balaban J connectivity index is 2.45. The zero-order chi connectivity index (χ0) is 40.1. The average molecular weight is 811 g/mol. The smallest absolute Gasteiger partial charge is 0.462 e. The Hall–Kier alpha value is -1.70. The van der Waals surface area contributed by atoms with Crippen molar-refractivity contribution in [1.82, 2.24) is 0 Å². The van der Waals surface area contributed by atoms with Gasteiger partial charge in [0.1, 0.15) is 12.7 Å². The molecular weight excluding hydrogens is 742 g/mol. The molecule has 0 amide bonds. The van der Waals surface area contributed by atoms with Gasteiger partial charge in [-0.05, 0) is 57.3 Å². The van der Waals surface area contributed by atoms with Crippen molar-refractivity contribution in [3.8, 4) is 0 Å². The van der Waals surface area contributed by atoms with Gasteiger partial charge >= 0.3 is 27.6 Å². The first-order chi connectivity index (χ1) is 25.7. The highest BCUT2D eigenvalue weighted by Crippen LogP contribution is 2.44. The first kappa shape index (κ1) is 50.3. The fourth-order valence-corrected chi connectivity index (χ4v) is 6.42. The van der Waals surface area contributed by atoms with E-state index in [0.717, 1.165) is 51.4 Å². The van der Waals surface area contributed by atoms with Gasteiger partial charge in [0.05, 0.1) is 32.0 Å². The monoisotopic (exact) mass is 810 g/mol. The fraction of sp³-hybridized carbons (Fsp3) is 0.789. The van der Waals surface area contributed by atoms with Crippen LogP contribution in [0.5, 0.6) is 0 Å². The molecule has 3 unspecified atom stereocenters. The molecular formula is C38H68O14P2. The van der Waals surface area contributed by atoms with Crippen LogP contribution in [0.3, 0.4) is 0 Å². The summed E-state index contributed by atoms with van der Waals surface area (Å²) in [6.45, 7) is 3.83. The number of aliphatic hydroxyl groups excluding tert-OH is 1. The highest BCUT2D eigenvalue weighted by atomic mass is 31.2. The van der Waals surface area contributed by atoms with Crippen LogP contribution in [0.25, 0.3) is 0 Å². The van der Waals surface area contributed by atoms with E-state index in [0.29, 0.717) is 25.2 Å². The summed E-state index contributed by atoms with van der Waals surface area (Å²) in [6.07, 6.45) is 26.3. The second-order valence-corrected chi connectivity index (χ2v) is 16.8. The van der Waals surface area contributed by atoms with Crippen molar-refractivity contribution >= 4 is 27.6 Å². The summed E-state index contributed by atoms with van der Waals surface area (Å²) < 4.78 is 53.3. The van der Waals surface area contributed by atoms with Crippen LogP contribution >= 0.6 is 15.6 Å². The summed E-state index contributed by atoms with van der Waals surface area (Å²) in [5.74, 6) is -0.421. The van der Waals surface area contributed by atoms with E-state index in [1.54, 1.807) is 0 Å². The lowest BCUT2D eigenvalue weighted by Crippen LogP contribution is -2.30. The largest absolute Gasteiger partial charge is 0.472 e. The number of aliphatic hydroxyl groups is 1. The number of rotatable bonds is 35. The van der Waals surface area contributed by atoms with Gasteiger partial charge in [-0.2, -0.15) is 0 Å². The van der Waals surface area contributed by atoms with Crippen molar-refractivity contribution in [3.05, 3.63) is 36.5 Å². The van der Waals surface area contributed by atoms with Crippen LogP contribution in [0.4, 0.5) is 0 Å². The molecule has 54 heavy (non-hydrogen) atoms.